The van der Waals surface area contributed by atoms with Crippen LogP contribution in [0.15, 0.2) is 24.3 Å². The Balaban J connectivity index is 0.00000144. The Morgan fingerprint density at radius 2 is 2.35 bits per heavy atom. The summed E-state index contributed by atoms with van der Waals surface area (Å²) >= 11 is 0. The second-order valence-electron chi connectivity index (χ2n) is 4.04. The van der Waals surface area contributed by atoms with Crippen LogP contribution >= 0.6 is 12.4 Å². The zero-order chi connectivity index (χ0) is 11.4. The molecule has 1 aliphatic rings. The third kappa shape index (κ3) is 3.98. The van der Waals surface area contributed by atoms with Crippen LogP contribution in [0.25, 0.3) is 0 Å². The van der Waals surface area contributed by atoms with E-state index >= 15 is 0 Å². The highest BCUT2D eigenvalue weighted by Crippen LogP contribution is 2.08. The lowest BCUT2D eigenvalue weighted by molar-refractivity contribution is -0.124. The number of carbonyl (C=O) groups excluding carboxylic acids is 1. The van der Waals surface area contributed by atoms with Crippen molar-refractivity contribution in [1.82, 2.24) is 10.6 Å². The predicted molar refractivity (Wildman–Crippen MR) is 66.5 cm³/mol. The molecule has 0 bridgehead atoms. The molecule has 5 heteroatoms. The van der Waals surface area contributed by atoms with E-state index in [4.69, 9.17) is 0 Å². The molecular weight excluding hydrogens is 243 g/mol. The summed E-state index contributed by atoms with van der Waals surface area (Å²) in [6.45, 7) is 2.04. The van der Waals surface area contributed by atoms with Crippen LogP contribution in [0.2, 0.25) is 0 Å². The fraction of sp³-hybridized carbons (Fsp3) is 0.417. The molecule has 1 aromatic rings. The molecule has 1 heterocycles. The Morgan fingerprint density at radius 1 is 1.53 bits per heavy atom. The van der Waals surface area contributed by atoms with E-state index in [1.54, 1.807) is 12.1 Å². The zero-order valence-electron chi connectivity index (χ0n) is 9.41. The summed E-state index contributed by atoms with van der Waals surface area (Å²) in [6, 6.07) is 6.28. The summed E-state index contributed by atoms with van der Waals surface area (Å²) in [4.78, 5) is 11.7. The molecule has 1 fully saturated rings. The van der Waals surface area contributed by atoms with Crippen molar-refractivity contribution in [2.24, 2.45) is 5.92 Å². The van der Waals surface area contributed by atoms with E-state index in [1.165, 1.54) is 12.1 Å². The topological polar surface area (TPSA) is 41.1 Å². The second-order valence-corrected chi connectivity index (χ2v) is 4.04. The van der Waals surface area contributed by atoms with Gasteiger partial charge in [-0.25, -0.2) is 4.39 Å². The Labute approximate surface area is 106 Å². The molecule has 1 saturated heterocycles. The highest BCUT2D eigenvalue weighted by atomic mass is 35.5. The van der Waals surface area contributed by atoms with E-state index in [-0.39, 0.29) is 30.0 Å². The van der Waals surface area contributed by atoms with Crippen molar-refractivity contribution in [3.8, 4) is 0 Å². The highest BCUT2D eigenvalue weighted by Gasteiger charge is 2.21. The number of hydrogen-bond donors (Lipinski definition) is 2. The van der Waals surface area contributed by atoms with Gasteiger partial charge in [-0.3, -0.25) is 4.79 Å². The van der Waals surface area contributed by atoms with Crippen LogP contribution < -0.4 is 10.6 Å². The van der Waals surface area contributed by atoms with Crippen LogP contribution in [0.5, 0.6) is 0 Å². The number of rotatable bonds is 3. The normalized spacial score (nSPS) is 18.5. The van der Waals surface area contributed by atoms with Gasteiger partial charge in [0.05, 0.1) is 5.92 Å². The molecule has 2 rings (SSSR count). The van der Waals surface area contributed by atoms with E-state index in [2.05, 4.69) is 10.6 Å². The first-order valence-corrected chi connectivity index (χ1v) is 5.48. The van der Waals surface area contributed by atoms with Gasteiger partial charge >= 0.3 is 0 Å². The maximum Gasteiger partial charge on any atom is 0.224 e. The molecule has 17 heavy (non-hydrogen) atoms. The monoisotopic (exact) mass is 258 g/mol. The predicted octanol–water partition coefficient (Wildman–Crippen LogP) is 1.47. The van der Waals surface area contributed by atoms with Crippen molar-refractivity contribution in [3.05, 3.63) is 35.6 Å². The van der Waals surface area contributed by atoms with Crippen LogP contribution in [-0.4, -0.2) is 19.0 Å². The van der Waals surface area contributed by atoms with Gasteiger partial charge in [-0.05, 0) is 30.7 Å². The first-order valence-electron chi connectivity index (χ1n) is 5.48. The van der Waals surface area contributed by atoms with E-state index in [0.717, 1.165) is 25.1 Å². The summed E-state index contributed by atoms with van der Waals surface area (Å²) in [5, 5.41) is 5.96. The lowest BCUT2D eigenvalue weighted by atomic mass is 10.1. The van der Waals surface area contributed by atoms with Crippen LogP contribution in [-0.2, 0) is 11.3 Å². The second kappa shape index (κ2) is 6.57. The summed E-state index contributed by atoms with van der Waals surface area (Å²) in [5.41, 5.74) is 0.791. The zero-order valence-corrected chi connectivity index (χ0v) is 10.2. The third-order valence-corrected chi connectivity index (χ3v) is 2.79. The minimum absolute atomic E-state index is 0. The number of halogens is 2. The summed E-state index contributed by atoms with van der Waals surface area (Å²) in [7, 11) is 0. The smallest absolute Gasteiger partial charge is 0.224 e. The van der Waals surface area contributed by atoms with Gasteiger partial charge in [-0.2, -0.15) is 0 Å². The van der Waals surface area contributed by atoms with Crippen LogP contribution in [0.4, 0.5) is 4.39 Å². The molecule has 0 aromatic heterocycles. The SMILES string of the molecule is Cl.O=C(NCc1cccc(F)c1)C1CCNC1. The maximum atomic E-state index is 12.9. The number of benzene rings is 1. The molecule has 3 nitrogen and oxygen atoms in total. The highest BCUT2D eigenvalue weighted by molar-refractivity contribution is 5.85. The van der Waals surface area contributed by atoms with Gasteiger partial charge in [-0.15, -0.1) is 12.4 Å². The Hall–Kier alpha value is -1.13. The molecule has 0 spiro atoms. The minimum Gasteiger partial charge on any atom is -0.352 e. The summed E-state index contributed by atoms with van der Waals surface area (Å²) < 4.78 is 12.9. The summed E-state index contributed by atoms with van der Waals surface area (Å²) in [5.74, 6) is -0.155. The van der Waals surface area contributed by atoms with Gasteiger partial charge < -0.3 is 10.6 Å². The van der Waals surface area contributed by atoms with Gasteiger partial charge in [0.2, 0.25) is 5.91 Å². The lowest BCUT2D eigenvalue weighted by Gasteiger charge is -2.09. The maximum absolute atomic E-state index is 12.9. The molecule has 1 unspecified atom stereocenters. The molecule has 0 saturated carbocycles. The van der Waals surface area contributed by atoms with Crippen molar-refractivity contribution in [3.63, 3.8) is 0 Å². The quantitative estimate of drug-likeness (QED) is 0.862. The first-order chi connectivity index (χ1) is 7.75. The van der Waals surface area contributed by atoms with Gasteiger partial charge in [0.25, 0.3) is 0 Å². The Bertz CT molecular complexity index is 381. The number of amides is 1. The molecule has 0 radical (unpaired) electrons. The van der Waals surface area contributed by atoms with Crippen LogP contribution in [0.1, 0.15) is 12.0 Å². The molecular formula is C12H16ClFN2O. The third-order valence-electron chi connectivity index (χ3n) is 2.79. The Kier molecular flexibility index (Phi) is 5.38. The average molecular weight is 259 g/mol. The van der Waals surface area contributed by atoms with Crippen LogP contribution in [0.3, 0.4) is 0 Å². The van der Waals surface area contributed by atoms with Crippen molar-refractivity contribution >= 4 is 18.3 Å². The van der Waals surface area contributed by atoms with Gasteiger partial charge in [0.15, 0.2) is 0 Å². The minimum atomic E-state index is -0.269. The summed E-state index contributed by atoms with van der Waals surface area (Å²) in [6.07, 6.45) is 0.884. The Morgan fingerprint density at radius 3 is 3.00 bits per heavy atom. The fourth-order valence-corrected chi connectivity index (χ4v) is 1.86. The fourth-order valence-electron chi connectivity index (χ4n) is 1.86. The van der Waals surface area contributed by atoms with Gasteiger partial charge in [0.1, 0.15) is 5.82 Å². The van der Waals surface area contributed by atoms with E-state index < -0.39 is 0 Å². The number of hydrogen-bond acceptors (Lipinski definition) is 2. The van der Waals surface area contributed by atoms with Crippen molar-refractivity contribution in [1.29, 1.82) is 0 Å². The average Bonchev–Trinajstić information content (AvgIpc) is 2.79. The largest absolute Gasteiger partial charge is 0.352 e. The van der Waals surface area contributed by atoms with Gasteiger partial charge in [0, 0.05) is 13.1 Å². The molecule has 1 atom stereocenters. The molecule has 0 aliphatic carbocycles. The first kappa shape index (κ1) is 13.9. The van der Waals surface area contributed by atoms with E-state index in [0.29, 0.717) is 6.54 Å². The van der Waals surface area contributed by atoms with E-state index in [9.17, 15) is 9.18 Å². The van der Waals surface area contributed by atoms with Crippen molar-refractivity contribution in [2.75, 3.05) is 13.1 Å². The van der Waals surface area contributed by atoms with Crippen molar-refractivity contribution in [2.45, 2.75) is 13.0 Å². The molecule has 2 N–H and O–H groups in total. The molecule has 1 aliphatic heterocycles. The van der Waals surface area contributed by atoms with Crippen LogP contribution in [0, 0.1) is 11.7 Å². The molecule has 1 amide bonds. The molecule has 94 valence electrons. The number of nitrogens with one attached hydrogen (secondary N) is 2. The van der Waals surface area contributed by atoms with E-state index in [1.807, 2.05) is 0 Å². The van der Waals surface area contributed by atoms with Crippen molar-refractivity contribution < 1.29 is 9.18 Å². The standard InChI is InChI=1S/C12H15FN2O.ClH/c13-11-3-1-2-9(6-11)7-15-12(16)10-4-5-14-8-10;/h1-3,6,10,14H,4-5,7-8H2,(H,15,16);1H. The number of carbonyl (C=O) groups is 1. The van der Waals surface area contributed by atoms with Gasteiger partial charge in [-0.1, -0.05) is 12.1 Å². The lowest BCUT2D eigenvalue weighted by Crippen LogP contribution is -2.31. The molecule has 1 aromatic carbocycles.